The molecule has 0 saturated heterocycles. The first-order valence-corrected chi connectivity index (χ1v) is 11.1. The highest BCUT2D eigenvalue weighted by Crippen LogP contribution is 2.21. The van der Waals surface area contributed by atoms with E-state index in [1.807, 2.05) is 0 Å². The van der Waals surface area contributed by atoms with E-state index < -0.39 is 0 Å². The van der Waals surface area contributed by atoms with Crippen LogP contribution in [0, 0.1) is 0 Å². The summed E-state index contributed by atoms with van der Waals surface area (Å²) in [6.07, 6.45) is 9.18. The Bertz CT molecular complexity index is 507. The van der Waals surface area contributed by atoms with Gasteiger partial charge in [-0.05, 0) is 62.5 Å². The van der Waals surface area contributed by atoms with E-state index in [2.05, 4.69) is 92.5 Å². The Balaban J connectivity index is 1.49. The van der Waals surface area contributed by atoms with Crippen molar-refractivity contribution in [2.75, 3.05) is 0 Å². The normalized spacial score (nSPS) is 13.5. The van der Waals surface area contributed by atoms with Crippen LogP contribution in [0.2, 0.25) is 0 Å². The zero-order valence-electron chi connectivity index (χ0n) is 14.7. The second-order valence-electron chi connectivity index (χ2n) is 6.42. The van der Waals surface area contributed by atoms with Crippen molar-refractivity contribution in [1.82, 2.24) is 0 Å². The zero-order chi connectivity index (χ0) is 17.7. The second kappa shape index (κ2) is 12.7. The average Bonchev–Trinajstić information content (AvgIpc) is 2.64. The summed E-state index contributed by atoms with van der Waals surface area (Å²) in [5.41, 5.74) is 2.85. The molecule has 0 aromatic heterocycles. The highest BCUT2D eigenvalue weighted by molar-refractivity contribution is 9.10. The van der Waals surface area contributed by atoms with Crippen LogP contribution in [0.4, 0.5) is 0 Å². The molecular weight excluding hydrogens is 440 g/mol. The molecule has 2 unspecified atom stereocenters. The molecule has 0 aliphatic heterocycles. The second-order valence-corrected chi connectivity index (χ2v) is 8.46. The average molecular weight is 468 g/mol. The van der Waals surface area contributed by atoms with Crippen molar-refractivity contribution in [1.29, 1.82) is 0 Å². The van der Waals surface area contributed by atoms with Crippen LogP contribution in [0.3, 0.4) is 0 Å². The molecule has 0 amide bonds. The molecule has 3 heteroatoms. The Labute approximate surface area is 169 Å². The molecule has 25 heavy (non-hydrogen) atoms. The summed E-state index contributed by atoms with van der Waals surface area (Å²) in [5.74, 6) is 0. The van der Waals surface area contributed by atoms with Crippen LogP contribution < -0.4 is 0 Å². The van der Waals surface area contributed by atoms with Crippen LogP contribution in [0.25, 0.3) is 0 Å². The minimum Gasteiger partial charge on any atom is -0.353 e. The molecule has 0 aliphatic rings. The van der Waals surface area contributed by atoms with Gasteiger partial charge in [0.25, 0.3) is 0 Å². The van der Waals surface area contributed by atoms with E-state index in [1.165, 1.54) is 36.8 Å². The van der Waals surface area contributed by atoms with Gasteiger partial charge in [-0.2, -0.15) is 0 Å². The van der Waals surface area contributed by atoms with Gasteiger partial charge < -0.3 is 4.74 Å². The number of unbranched alkanes of at least 4 members (excludes halogenated alkanes) is 2. The Morgan fingerprint density at radius 3 is 1.40 bits per heavy atom. The molecule has 0 bridgehead atoms. The molecule has 2 atom stereocenters. The fourth-order valence-electron chi connectivity index (χ4n) is 2.85. The lowest BCUT2D eigenvalue weighted by Crippen LogP contribution is -2.12. The number of hydrogen-bond acceptors (Lipinski definition) is 1. The highest BCUT2D eigenvalue weighted by atomic mass is 79.9. The molecule has 0 spiro atoms. The summed E-state index contributed by atoms with van der Waals surface area (Å²) in [4.78, 5) is 0. The van der Waals surface area contributed by atoms with Gasteiger partial charge in [0, 0.05) is 0 Å². The van der Waals surface area contributed by atoms with Crippen LogP contribution in [0.5, 0.6) is 0 Å². The van der Waals surface area contributed by atoms with Gasteiger partial charge in [-0.3, -0.25) is 0 Å². The van der Waals surface area contributed by atoms with Crippen molar-refractivity contribution in [2.45, 2.75) is 61.4 Å². The number of hydrogen-bond donors (Lipinski definition) is 0. The van der Waals surface area contributed by atoms with Gasteiger partial charge >= 0.3 is 0 Å². The van der Waals surface area contributed by atoms with Gasteiger partial charge in [0.05, 0.1) is 0 Å². The Morgan fingerprint density at radius 2 is 1.00 bits per heavy atom. The van der Waals surface area contributed by atoms with E-state index in [9.17, 15) is 0 Å². The van der Waals surface area contributed by atoms with E-state index in [0.717, 1.165) is 25.7 Å². The molecule has 0 fully saturated rings. The molecule has 2 aromatic rings. The zero-order valence-corrected chi connectivity index (χ0v) is 17.9. The summed E-state index contributed by atoms with van der Waals surface area (Å²) in [6, 6.07) is 21.4. The van der Waals surface area contributed by atoms with Gasteiger partial charge in [-0.25, -0.2) is 0 Å². The maximum atomic E-state index is 5.99. The smallest absolute Gasteiger partial charge is 0.114 e. The maximum Gasteiger partial charge on any atom is 0.114 e. The van der Waals surface area contributed by atoms with Crippen molar-refractivity contribution in [3.05, 3.63) is 71.8 Å². The van der Waals surface area contributed by atoms with Gasteiger partial charge in [-0.1, -0.05) is 92.5 Å². The SMILES string of the molecule is BrC(CCCCc1ccccc1)OC(Br)CCCCc1ccccc1. The first kappa shape index (κ1) is 20.7. The van der Waals surface area contributed by atoms with Crippen molar-refractivity contribution >= 4 is 31.9 Å². The number of rotatable bonds is 12. The fourth-order valence-corrected chi connectivity index (χ4v) is 4.31. The van der Waals surface area contributed by atoms with Gasteiger partial charge in [0.15, 0.2) is 0 Å². The lowest BCUT2D eigenvalue weighted by atomic mass is 10.1. The summed E-state index contributed by atoms with van der Waals surface area (Å²) in [7, 11) is 0. The van der Waals surface area contributed by atoms with Crippen LogP contribution in [-0.2, 0) is 17.6 Å². The molecule has 0 radical (unpaired) electrons. The Kier molecular flexibility index (Phi) is 10.5. The molecule has 2 aromatic carbocycles. The summed E-state index contributed by atoms with van der Waals surface area (Å²) < 4.78 is 5.99. The number of halogens is 2. The first-order chi connectivity index (χ1) is 12.2. The monoisotopic (exact) mass is 466 g/mol. The fraction of sp³-hybridized carbons (Fsp3) is 0.455. The number of ether oxygens (including phenoxy) is 1. The molecule has 0 N–H and O–H groups in total. The predicted molar refractivity (Wildman–Crippen MR) is 115 cm³/mol. The van der Waals surface area contributed by atoms with Crippen LogP contribution in [0.1, 0.15) is 49.7 Å². The quantitative estimate of drug-likeness (QED) is 0.235. The van der Waals surface area contributed by atoms with E-state index in [-0.39, 0.29) is 10.0 Å². The largest absolute Gasteiger partial charge is 0.353 e. The highest BCUT2D eigenvalue weighted by Gasteiger charge is 2.11. The lowest BCUT2D eigenvalue weighted by molar-refractivity contribution is 0.0871. The van der Waals surface area contributed by atoms with Gasteiger partial charge in [-0.15, -0.1) is 0 Å². The standard InChI is InChI=1S/C22H28Br2O/c23-21(17-9-7-15-19-11-3-1-4-12-19)25-22(24)18-10-8-16-20-13-5-2-6-14-20/h1-6,11-14,21-22H,7-10,15-18H2. The van der Waals surface area contributed by atoms with Gasteiger partial charge in [0.2, 0.25) is 0 Å². The Morgan fingerprint density at radius 1 is 0.600 bits per heavy atom. The van der Waals surface area contributed by atoms with Gasteiger partial charge in [0.1, 0.15) is 10.0 Å². The van der Waals surface area contributed by atoms with E-state index in [4.69, 9.17) is 4.74 Å². The molecule has 0 saturated carbocycles. The summed E-state index contributed by atoms with van der Waals surface area (Å²) in [5, 5.41) is 0.281. The van der Waals surface area contributed by atoms with Crippen LogP contribution >= 0.6 is 31.9 Å². The third-order valence-corrected chi connectivity index (χ3v) is 5.62. The third-order valence-electron chi connectivity index (χ3n) is 4.27. The predicted octanol–water partition coefficient (Wildman–Crippen LogP) is 7.27. The molecule has 0 heterocycles. The van der Waals surface area contributed by atoms with Crippen molar-refractivity contribution in [2.24, 2.45) is 0 Å². The molecule has 136 valence electrons. The number of aryl methyl sites for hydroxylation is 2. The summed E-state index contributed by atoms with van der Waals surface area (Å²) in [6.45, 7) is 0. The van der Waals surface area contributed by atoms with Crippen molar-refractivity contribution in [3.8, 4) is 0 Å². The van der Waals surface area contributed by atoms with Crippen molar-refractivity contribution in [3.63, 3.8) is 0 Å². The summed E-state index contributed by atoms with van der Waals surface area (Å²) >= 11 is 7.32. The minimum absolute atomic E-state index is 0.141. The maximum absolute atomic E-state index is 5.99. The lowest BCUT2D eigenvalue weighted by Gasteiger charge is -2.16. The molecular formula is C22H28Br2O. The first-order valence-electron chi connectivity index (χ1n) is 9.25. The molecule has 2 rings (SSSR count). The number of alkyl halides is 2. The molecule has 1 nitrogen and oxygen atoms in total. The topological polar surface area (TPSA) is 9.23 Å². The van der Waals surface area contributed by atoms with Crippen LogP contribution in [0.15, 0.2) is 60.7 Å². The van der Waals surface area contributed by atoms with E-state index in [1.54, 1.807) is 0 Å². The minimum atomic E-state index is 0.141. The Hall–Kier alpha value is -0.640. The number of benzene rings is 2. The van der Waals surface area contributed by atoms with E-state index >= 15 is 0 Å². The van der Waals surface area contributed by atoms with E-state index in [0.29, 0.717) is 0 Å². The third kappa shape index (κ3) is 9.58. The van der Waals surface area contributed by atoms with Crippen molar-refractivity contribution < 1.29 is 4.74 Å². The molecule has 0 aliphatic carbocycles. The van der Waals surface area contributed by atoms with Crippen LogP contribution in [-0.4, -0.2) is 10.0 Å².